The van der Waals surface area contributed by atoms with E-state index in [0.29, 0.717) is 16.5 Å². The molecule has 0 heterocycles. The van der Waals surface area contributed by atoms with Crippen LogP contribution in [0, 0.1) is 18.6 Å². The predicted octanol–water partition coefficient (Wildman–Crippen LogP) is 6.62. The maximum Gasteiger partial charge on any atom is 0.257 e. The molecule has 3 aromatic carbocycles. The molecule has 0 radical (unpaired) electrons. The fourth-order valence-corrected chi connectivity index (χ4v) is 2.72. The van der Waals surface area contributed by atoms with E-state index in [1.807, 2.05) is 19.1 Å². The minimum Gasteiger partial charge on any atom is -0.455 e. The zero-order chi connectivity index (χ0) is 19.6. The Kier molecular flexibility index (Phi) is 5.63. The van der Waals surface area contributed by atoms with Gasteiger partial charge in [-0.3, -0.25) is 4.79 Å². The van der Waals surface area contributed by atoms with Crippen molar-refractivity contribution in [2.45, 2.75) is 6.92 Å². The van der Waals surface area contributed by atoms with Gasteiger partial charge in [0, 0.05) is 5.02 Å². The van der Waals surface area contributed by atoms with Gasteiger partial charge in [-0.15, -0.1) is 0 Å². The quantitative estimate of drug-likeness (QED) is 0.493. The Morgan fingerprint density at radius 1 is 0.963 bits per heavy atom. The minimum atomic E-state index is -1.17. The molecule has 0 aliphatic heterocycles. The van der Waals surface area contributed by atoms with Crippen LogP contribution in [0.2, 0.25) is 10.0 Å². The zero-order valence-electron chi connectivity index (χ0n) is 14.0. The van der Waals surface area contributed by atoms with Crippen molar-refractivity contribution in [3.63, 3.8) is 0 Å². The van der Waals surface area contributed by atoms with Gasteiger partial charge in [-0.05, 0) is 49.4 Å². The summed E-state index contributed by atoms with van der Waals surface area (Å²) in [6.07, 6.45) is 0. The summed E-state index contributed by atoms with van der Waals surface area (Å²) >= 11 is 11.9. The Bertz CT molecular complexity index is 1010. The molecule has 3 aromatic rings. The lowest BCUT2D eigenvalue weighted by molar-refractivity contribution is 0.102. The van der Waals surface area contributed by atoms with Crippen LogP contribution in [0.15, 0.2) is 54.6 Å². The third kappa shape index (κ3) is 4.56. The van der Waals surface area contributed by atoms with E-state index in [0.717, 1.165) is 17.7 Å². The van der Waals surface area contributed by atoms with E-state index in [1.54, 1.807) is 24.3 Å². The summed E-state index contributed by atoms with van der Waals surface area (Å²) in [6, 6.07) is 13.5. The van der Waals surface area contributed by atoms with E-state index in [2.05, 4.69) is 5.32 Å². The summed E-state index contributed by atoms with van der Waals surface area (Å²) in [5.41, 5.74) is 1.12. The van der Waals surface area contributed by atoms with Crippen molar-refractivity contribution in [1.82, 2.24) is 0 Å². The van der Waals surface area contributed by atoms with Gasteiger partial charge < -0.3 is 10.1 Å². The van der Waals surface area contributed by atoms with Gasteiger partial charge in [-0.25, -0.2) is 8.78 Å². The van der Waals surface area contributed by atoms with Gasteiger partial charge >= 0.3 is 0 Å². The van der Waals surface area contributed by atoms with E-state index in [9.17, 15) is 13.6 Å². The molecule has 0 bridgehead atoms. The highest BCUT2D eigenvalue weighted by Crippen LogP contribution is 2.33. The molecule has 27 heavy (non-hydrogen) atoms. The number of amides is 1. The highest BCUT2D eigenvalue weighted by molar-refractivity contribution is 6.34. The molecule has 1 amide bonds. The number of carbonyl (C=O) groups excluding carboxylic acids is 1. The summed E-state index contributed by atoms with van der Waals surface area (Å²) in [4.78, 5) is 12.5. The highest BCUT2D eigenvalue weighted by Gasteiger charge is 2.17. The van der Waals surface area contributed by atoms with Crippen molar-refractivity contribution in [2.75, 3.05) is 5.32 Å². The number of aryl methyl sites for hydroxylation is 1. The van der Waals surface area contributed by atoms with Crippen LogP contribution in [-0.2, 0) is 0 Å². The summed E-state index contributed by atoms with van der Waals surface area (Å²) in [5, 5.41) is 2.71. The number of benzene rings is 3. The molecule has 138 valence electrons. The second kappa shape index (κ2) is 7.94. The van der Waals surface area contributed by atoms with Crippen LogP contribution in [0.1, 0.15) is 15.9 Å². The molecule has 7 heteroatoms. The number of carbonyl (C=O) groups is 1. The molecule has 0 aliphatic rings. The van der Waals surface area contributed by atoms with E-state index in [1.165, 1.54) is 6.07 Å². The van der Waals surface area contributed by atoms with Gasteiger partial charge in [0.05, 0.1) is 16.3 Å². The first-order valence-electron chi connectivity index (χ1n) is 7.83. The van der Waals surface area contributed by atoms with Crippen molar-refractivity contribution in [3.8, 4) is 11.5 Å². The van der Waals surface area contributed by atoms with Crippen molar-refractivity contribution in [1.29, 1.82) is 0 Å². The number of halogens is 4. The average molecular weight is 408 g/mol. The lowest BCUT2D eigenvalue weighted by atomic mass is 10.2. The Balaban J connectivity index is 1.90. The molecule has 0 aromatic heterocycles. The first-order valence-corrected chi connectivity index (χ1v) is 8.59. The zero-order valence-corrected chi connectivity index (χ0v) is 15.5. The van der Waals surface area contributed by atoms with Crippen LogP contribution in [0.5, 0.6) is 11.5 Å². The normalized spacial score (nSPS) is 10.6. The van der Waals surface area contributed by atoms with Crippen molar-refractivity contribution >= 4 is 34.8 Å². The lowest BCUT2D eigenvalue weighted by Gasteiger charge is -2.13. The SMILES string of the molecule is Cc1ccc(Oc2ccc(Cl)cc2NC(=O)c2cc(F)c(F)cc2Cl)cc1. The number of ether oxygens (including phenoxy) is 1. The summed E-state index contributed by atoms with van der Waals surface area (Å²) in [6.45, 7) is 1.95. The molecule has 0 aliphatic carbocycles. The van der Waals surface area contributed by atoms with Gasteiger partial charge in [0.25, 0.3) is 5.91 Å². The maximum absolute atomic E-state index is 13.5. The van der Waals surface area contributed by atoms with Gasteiger partial charge in [0.15, 0.2) is 17.4 Å². The standard InChI is InChI=1S/C20H13Cl2F2NO2/c1-11-2-5-13(6-3-11)27-19-7-4-12(21)8-18(19)25-20(26)14-9-16(23)17(24)10-15(14)22/h2-10H,1H3,(H,25,26). The Hall–Kier alpha value is -2.63. The van der Waals surface area contributed by atoms with Gasteiger partial charge in [0.1, 0.15) is 5.75 Å². The number of hydrogen-bond acceptors (Lipinski definition) is 2. The predicted molar refractivity (Wildman–Crippen MR) is 102 cm³/mol. The Morgan fingerprint density at radius 2 is 1.63 bits per heavy atom. The molecular formula is C20H13Cl2F2NO2. The molecule has 0 atom stereocenters. The van der Waals surface area contributed by atoms with Gasteiger partial charge in [-0.2, -0.15) is 0 Å². The van der Waals surface area contributed by atoms with E-state index in [4.69, 9.17) is 27.9 Å². The molecule has 0 fully saturated rings. The van der Waals surface area contributed by atoms with Crippen LogP contribution in [0.4, 0.5) is 14.5 Å². The second-order valence-electron chi connectivity index (χ2n) is 5.76. The Morgan fingerprint density at radius 3 is 2.33 bits per heavy atom. The number of rotatable bonds is 4. The molecule has 3 nitrogen and oxygen atoms in total. The number of anilines is 1. The van der Waals surface area contributed by atoms with Crippen LogP contribution < -0.4 is 10.1 Å². The third-order valence-corrected chi connectivity index (χ3v) is 4.24. The topological polar surface area (TPSA) is 38.3 Å². The van der Waals surface area contributed by atoms with E-state index < -0.39 is 17.5 Å². The van der Waals surface area contributed by atoms with Crippen LogP contribution in [-0.4, -0.2) is 5.91 Å². The van der Waals surface area contributed by atoms with E-state index in [-0.39, 0.29) is 16.3 Å². The number of nitrogens with one attached hydrogen (secondary N) is 1. The second-order valence-corrected chi connectivity index (χ2v) is 6.60. The minimum absolute atomic E-state index is 0.211. The first-order chi connectivity index (χ1) is 12.8. The highest BCUT2D eigenvalue weighted by atomic mass is 35.5. The largest absolute Gasteiger partial charge is 0.455 e. The molecule has 0 saturated carbocycles. The fraction of sp³-hybridized carbons (Fsp3) is 0.0500. The number of hydrogen-bond donors (Lipinski definition) is 1. The van der Waals surface area contributed by atoms with Crippen LogP contribution in [0.25, 0.3) is 0 Å². The molecule has 3 rings (SSSR count). The monoisotopic (exact) mass is 407 g/mol. The van der Waals surface area contributed by atoms with Crippen molar-refractivity contribution in [2.24, 2.45) is 0 Å². The maximum atomic E-state index is 13.5. The van der Waals surface area contributed by atoms with Crippen molar-refractivity contribution in [3.05, 3.63) is 87.4 Å². The molecule has 0 spiro atoms. The molecule has 1 N–H and O–H groups in total. The van der Waals surface area contributed by atoms with Crippen LogP contribution in [0.3, 0.4) is 0 Å². The molecular weight excluding hydrogens is 395 g/mol. The lowest BCUT2D eigenvalue weighted by Crippen LogP contribution is -2.14. The van der Waals surface area contributed by atoms with E-state index >= 15 is 0 Å². The third-order valence-electron chi connectivity index (χ3n) is 3.69. The first kappa shape index (κ1) is 19.1. The molecule has 0 saturated heterocycles. The molecule has 0 unspecified atom stereocenters. The summed E-state index contributed by atoms with van der Waals surface area (Å²) < 4.78 is 32.5. The average Bonchev–Trinajstić information content (AvgIpc) is 2.62. The van der Waals surface area contributed by atoms with Gasteiger partial charge in [-0.1, -0.05) is 40.9 Å². The summed E-state index contributed by atoms with van der Waals surface area (Å²) in [7, 11) is 0. The smallest absolute Gasteiger partial charge is 0.257 e. The summed E-state index contributed by atoms with van der Waals surface area (Å²) in [5.74, 6) is -2.15. The van der Waals surface area contributed by atoms with Crippen LogP contribution >= 0.6 is 23.2 Å². The Labute approximate surface area is 164 Å². The van der Waals surface area contributed by atoms with Crippen molar-refractivity contribution < 1.29 is 18.3 Å². The van der Waals surface area contributed by atoms with Gasteiger partial charge in [0.2, 0.25) is 0 Å². The fourth-order valence-electron chi connectivity index (χ4n) is 2.31.